The van der Waals surface area contributed by atoms with Gasteiger partial charge < -0.3 is 4.57 Å². The highest BCUT2D eigenvalue weighted by Gasteiger charge is 2.30. The first kappa shape index (κ1) is 14.1. The van der Waals surface area contributed by atoms with E-state index in [1.807, 2.05) is 4.57 Å². The summed E-state index contributed by atoms with van der Waals surface area (Å²) in [5, 5.41) is 0. The van der Waals surface area contributed by atoms with E-state index >= 15 is 0 Å². The second kappa shape index (κ2) is 4.86. The summed E-state index contributed by atoms with van der Waals surface area (Å²) in [6.07, 6.45) is 3.57. The van der Waals surface area contributed by atoms with Gasteiger partial charge in [-0.05, 0) is 25.0 Å². The van der Waals surface area contributed by atoms with Crippen LogP contribution in [0.4, 0.5) is 14.5 Å². The molecule has 0 saturated heterocycles. The van der Waals surface area contributed by atoms with E-state index in [1.165, 1.54) is 6.07 Å². The molecule has 0 amide bonds. The summed E-state index contributed by atoms with van der Waals surface area (Å²) in [5.41, 5.74) is 2.95. The maximum atomic E-state index is 13.7. The third-order valence-corrected chi connectivity index (χ3v) is 4.50. The number of halogens is 2. The van der Waals surface area contributed by atoms with Crippen molar-refractivity contribution >= 4 is 27.8 Å². The maximum Gasteiger partial charge on any atom is 0.216 e. The molecule has 2 heterocycles. The molecule has 1 fully saturated rings. The average molecular weight is 335 g/mol. The van der Waals surface area contributed by atoms with Gasteiger partial charge in [-0.2, -0.15) is 0 Å². The van der Waals surface area contributed by atoms with Crippen molar-refractivity contribution in [2.24, 2.45) is 0 Å². The third kappa shape index (κ3) is 2.04. The standard InChI is InChI=1S/C18H11F2N5/c1-21-10-2-5-14-16(6-10)24(9-22-14)18-23-15-7-12(19)13(20)8-17(15)25(18)11-3-4-11/h2,5-9,11H,3-4H2. The average Bonchev–Trinajstić information content (AvgIpc) is 3.26. The van der Waals surface area contributed by atoms with E-state index in [-0.39, 0.29) is 6.04 Å². The quantitative estimate of drug-likeness (QED) is 0.505. The van der Waals surface area contributed by atoms with E-state index in [2.05, 4.69) is 14.8 Å². The van der Waals surface area contributed by atoms with Crippen LogP contribution < -0.4 is 0 Å². The van der Waals surface area contributed by atoms with E-state index < -0.39 is 11.6 Å². The molecular formula is C18H11F2N5. The Kier molecular flexibility index (Phi) is 2.74. The summed E-state index contributed by atoms with van der Waals surface area (Å²) in [6, 6.07) is 7.77. The summed E-state index contributed by atoms with van der Waals surface area (Å²) < 4.78 is 31.1. The van der Waals surface area contributed by atoms with Gasteiger partial charge in [0.25, 0.3) is 0 Å². The maximum absolute atomic E-state index is 13.7. The lowest BCUT2D eigenvalue weighted by Crippen LogP contribution is -2.04. The molecule has 0 unspecified atom stereocenters. The number of imidazole rings is 2. The van der Waals surface area contributed by atoms with Crippen LogP contribution in [-0.4, -0.2) is 19.1 Å². The second-order valence-corrected chi connectivity index (χ2v) is 6.17. The first-order chi connectivity index (χ1) is 12.2. The minimum atomic E-state index is -0.912. The Balaban J connectivity index is 1.84. The lowest BCUT2D eigenvalue weighted by Gasteiger charge is -2.09. The topological polar surface area (TPSA) is 40.0 Å². The summed E-state index contributed by atoms with van der Waals surface area (Å²) in [5.74, 6) is -1.23. The van der Waals surface area contributed by atoms with Crippen molar-refractivity contribution in [3.8, 4) is 5.95 Å². The molecule has 0 spiro atoms. The molecular weight excluding hydrogens is 324 g/mol. The molecule has 0 radical (unpaired) electrons. The van der Waals surface area contributed by atoms with Crippen LogP contribution in [0.3, 0.4) is 0 Å². The zero-order valence-corrected chi connectivity index (χ0v) is 12.9. The number of benzene rings is 2. The van der Waals surface area contributed by atoms with Crippen LogP contribution in [0, 0.1) is 18.2 Å². The Labute approximate surface area is 141 Å². The minimum Gasteiger partial charge on any atom is -0.306 e. The Morgan fingerprint density at radius 3 is 2.60 bits per heavy atom. The second-order valence-electron chi connectivity index (χ2n) is 6.17. The van der Waals surface area contributed by atoms with Crippen LogP contribution >= 0.6 is 0 Å². The van der Waals surface area contributed by atoms with E-state index in [0.717, 1.165) is 29.9 Å². The van der Waals surface area contributed by atoms with Gasteiger partial charge in [0.1, 0.15) is 6.33 Å². The zero-order valence-electron chi connectivity index (χ0n) is 12.9. The van der Waals surface area contributed by atoms with Gasteiger partial charge in [-0.15, -0.1) is 0 Å². The highest BCUT2D eigenvalue weighted by molar-refractivity contribution is 5.83. The molecule has 1 aliphatic rings. The molecule has 2 aromatic carbocycles. The summed E-state index contributed by atoms with van der Waals surface area (Å²) in [4.78, 5) is 12.3. The summed E-state index contributed by atoms with van der Waals surface area (Å²) >= 11 is 0. The van der Waals surface area contributed by atoms with E-state index in [9.17, 15) is 8.78 Å². The van der Waals surface area contributed by atoms with Gasteiger partial charge in [0.15, 0.2) is 17.3 Å². The van der Waals surface area contributed by atoms with Crippen LogP contribution in [0.5, 0.6) is 0 Å². The van der Waals surface area contributed by atoms with Crippen molar-refractivity contribution in [3.63, 3.8) is 0 Å². The molecule has 5 rings (SSSR count). The van der Waals surface area contributed by atoms with Crippen molar-refractivity contribution < 1.29 is 8.78 Å². The molecule has 0 N–H and O–H groups in total. The van der Waals surface area contributed by atoms with Crippen LogP contribution in [0.15, 0.2) is 36.7 Å². The number of rotatable bonds is 2. The first-order valence-electron chi connectivity index (χ1n) is 7.87. The Morgan fingerprint density at radius 1 is 1.04 bits per heavy atom. The first-order valence-corrected chi connectivity index (χ1v) is 7.87. The largest absolute Gasteiger partial charge is 0.306 e. The lowest BCUT2D eigenvalue weighted by atomic mass is 10.3. The molecule has 4 aromatic rings. The van der Waals surface area contributed by atoms with Crippen LogP contribution in [-0.2, 0) is 0 Å². The van der Waals surface area contributed by atoms with E-state index in [1.54, 1.807) is 29.1 Å². The van der Waals surface area contributed by atoms with Crippen molar-refractivity contribution in [3.05, 3.63) is 59.7 Å². The van der Waals surface area contributed by atoms with E-state index in [0.29, 0.717) is 22.7 Å². The Bertz CT molecular complexity index is 1190. The molecule has 5 nitrogen and oxygen atoms in total. The fourth-order valence-electron chi connectivity index (χ4n) is 3.17. The normalized spacial score (nSPS) is 14.3. The fraction of sp³-hybridized carbons (Fsp3) is 0.167. The van der Waals surface area contributed by atoms with Crippen molar-refractivity contribution in [2.45, 2.75) is 18.9 Å². The Morgan fingerprint density at radius 2 is 1.84 bits per heavy atom. The Hall–Kier alpha value is -3.27. The highest BCUT2D eigenvalue weighted by Crippen LogP contribution is 2.40. The van der Waals surface area contributed by atoms with Gasteiger partial charge in [0.2, 0.25) is 5.95 Å². The minimum absolute atomic E-state index is 0.214. The summed E-state index contributed by atoms with van der Waals surface area (Å²) in [6.45, 7) is 7.19. The van der Waals surface area contributed by atoms with E-state index in [4.69, 9.17) is 6.57 Å². The van der Waals surface area contributed by atoms with Gasteiger partial charge in [-0.3, -0.25) is 4.57 Å². The number of aromatic nitrogens is 4. The number of nitrogens with zero attached hydrogens (tertiary/aromatic N) is 5. The molecule has 25 heavy (non-hydrogen) atoms. The monoisotopic (exact) mass is 335 g/mol. The van der Waals surface area contributed by atoms with Gasteiger partial charge in [-0.1, -0.05) is 6.07 Å². The molecule has 7 heteroatoms. The third-order valence-electron chi connectivity index (χ3n) is 4.50. The predicted octanol–water partition coefficient (Wildman–Crippen LogP) is 4.54. The molecule has 0 bridgehead atoms. The smallest absolute Gasteiger partial charge is 0.216 e. The molecule has 1 saturated carbocycles. The lowest BCUT2D eigenvalue weighted by molar-refractivity contribution is 0.510. The van der Waals surface area contributed by atoms with Crippen LogP contribution in [0.25, 0.3) is 32.9 Å². The highest BCUT2D eigenvalue weighted by atomic mass is 19.2. The molecule has 0 atom stereocenters. The van der Waals surface area contributed by atoms with Crippen molar-refractivity contribution in [2.75, 3.05) is 0 Å². The SMILES string of the molecule is [C-]#[N+]c1ccc2ncn(-c3nc4cc(F)c(F)cc4n3C3CC3)c2c1. The zero-order chi connectivity index (χ0) is 17.1. The van der Waals surface area contributed by atoms with Gasteiger partial charge >= 0.3 is 0 Å². The number of hydrogen-bond acceptors (Lipinski definition) is 2. The fourth-order valence-corrected chi connectivity index (χ4v) is 3.17. The van der Waals surface area contributed by atoms with Crippen LogP contribution in [0.1, 0.15) is 18.9 Å². The molecule has 1 aliphatic carbocycles. The summed E-state index contributed by atoms with van der Waals surface area (Å²) in [7, 11) is 0. The number of hydrogen-bond donors (Lipinski definition) is 0. The molecule has 122 valence electrons. The van der Waals surface area contributed by atoms with Crippen LogP contribution in [0.2, 0.25) is 0 Å². The van der Waals surface area contributed by atoms with Crippen molar-refractivity contribution in [1.82, 2.24) is 19.1 Å². The predicted molar refractivity (Wildman–Crippen MR) is 88.8 cm³/mol. The van der Waals surface area contributed by atoms with Gasteiger partial charge in [-0.25, -0.2) is 23.6 Å². The van der Waals surface area contributed by atoms with Crippen molar-refractivity contribution in [1.29, 1.82) is 0 Å². The molecule has 2 aromatic heterocycles. The number of fused-ring (bicyclic) bond motifs is 2. The molecule has 0 aliphatic heterocycles. The van der Waals surface area contributed by atoms with Gasteiger partial charge in [0.05, 0.1) is 28.6 Å². The van der Waals surface area contributed by atoms with Gasteiger partial charge in [0, 0.05) is 18.2 Å².